The van der Waals surface area contributed by atoms with Crippen LogP contribution in [0.1, 0.15) is 16.5 Å². The zero-order valence-electron chi connectivity index (χ0n) is 11.5. The number of carbonyl (C=O) groups excluding carboxylic acids is 1. The van der Waals surface area contributed by atoms with Gasteiger partial charge in [0.05, 0.1) is 5.75 Å². The van der Waals surface area contributed by atoms with Crippen molar-refractivity contribution in [3.8, 4) is 5.75 Å². The summed E-state index contributed by atoms with van der Waals surface area (Å²) in [5.74, 6) is 0.960. The summed E-state index contributed by atoms with van der Waals surface area (Å²) in [7, 11) is 0. The molecule has 0 radical (unpaired) electrons. The standard InChI is InChI=1S/C16H16N2O2S/c19-14-5-3-12(4-6-14)7-9-18-15(20)11-21-16(18)13-2-1-8-17-10-13/h1-6,8,10,16,19H,7,9,11H2. The second-order valence-corrected chi connectivity index (χ2v) is 6.02. The van der Waals surface area contributed by atoms with Crippen LogP contribution in [0.3, 0.4) is 0 Å². The van der Waals surface area contributed by atoms with E-state index in [-0.39, 0.29) is 17.0 Å². The van der Waals surface area contributed by atoms with Crippen molar-refractivity contribution in [3.05, 3.63) is 59.9 Å². The lowest BCUT2D eigenvalue weighted by Gasteiger charge is -2.24. The molecule has 1 aliphatic heterocycles. The van der Waals surface area contributed by atoms with Crippen LogP contribution in [0.5, 0.6) is 5.75 Å². The Balaban J connectivity index is 1.70. The highest BCUT2D eigenvalue weighted by atomic mass is 32.2. The summed E-state index contributed by atoms with van der Waals surface area (Å²) in [4.78, 5) is 18.1. The first-order valence-electron chi connectivity index (χ1n) is 6.83. The number of rotatable bonds is 4. The van der Waals surface area contributed by atoms with Crippen LogP contribution in [0, 0.1) is 0 Å². The molecule has 5 heteroatoms. The van der Waals surface area contributed by atoms with Gasteiger partial charge in [-0.05, 0) is 30.2 Å². The highest BCUT2D eigenvalue weighted by Gasteiger charge is 2.32. The number of hydrogen-bond donors (Lipinski definition) is 1. The Labute approximate surface area is 127 Å². The molecule has 1 N–H and O–H groups in total. The molecule has 108 valence electrons. The van der Waals surface area contributed by atoms with Crippen LogP contribution in [-0.2, 0) is 11.2 Å². The molecule has 21 heavy (non-hydrogen) atoms. The van der Waals surface area contributed by atoms with E-state index in [1.807, 2.05) is 35.4 Å². The molecule has 1 saturated heterocycles. The largest absolute Gasteiger partial charge is 0.508 e. The quantitative estimate of drug-likeness (QED) is 0.943. The van der Waals surface area contributed by atoms with Gasteiger partial charge in [-0.1, -0.05) is 18.2 Å². The highest BCUT2D eigenvalue weighted by molar-refractivity contribution is 8.00. The first-order valence-corrected chi connectivity index (χ1v) is 7.88. The van der Waals surface area contributed by atoms with Gasteiger partial charge in [-0.25, -0.2) is 0 Å². The van der Waals surface area contributed by atoms with E-state index in [0.29, 0.717) is 12.3 Å². The van der Waals surface area contributed by atoms with Crippen LogP contribution in [0.25, 0.3) is 0 Å². The minimum atomic E-state index is 0.0586. The monoisotopic (exact) mass is 300 g/mol. The molecule has 1 aliphatic rings. The van der Waals surface area contributed by atoms with Gasteiger partial charge in [-0.2, -0.15) is 0 Å². The normalized spacial score (nSPS) is 18.2. The van der Waals surface area contributed by atoms with Gasteiger partial charge >= 0.3 is 0 Å². The third kappa shape index (κ3) is 3.19. The van der Waals surface area contributed by atoms with Crippen molar-refractivity contribution < 1.29 is 9.90 Å². The van der Waals surface area contributed by atoms with Gasteiger partial charge in [-0.15, -0.1) is 11.8 Å². The van der Waals surface area contributed by atoms with E-state index in [1.165, 1.54) is 0 Å². The fourth-order valence-electron chi connectivity index (χ4n) is 2.41. The van der Waals surface area contributed by atoms with Gasteiger partial charge in [0.1, 0.15) is 11.1 Å². The van der Waals surface area contributed by atoms with E-state index in [2.05, 4.69) is 4.98 Å². The van der Waals surface area contributed by atoms with Crippen molar-refractivity contribution in [2.24, 2.45) is 0 Å². The van der Waals surface area contributed by atoms with Crippen molar-refractivity contribution in [2.75, 3.05) is 12.3 Å². The number of pyridine rings is 1. The third-order valence-corrected chi connectivity index (χ3v) is 4.77. The fourth-order valence-corrected chi connectivity index (χ4v) is 3.61. The summed E-state index contributed by atoms with van der Waals surface area (Å²) in [5.41, 5.74) is 2.18. The molecule has 1 aromatic carbocycles. The zero-order chi connectivity index (χ0) is 14.7. The summed E-state index contributed by atoms with van der Waals surface area (Å²) in [6, 6.07) is 11.0. The lowest BCUT2D eigenvalue weighted by Crippen LogP contribution is -2.30. The number of carbonyl (C=O) groups is 1. The number of amides is 1. The lowest BCUT2D eigenvalue weighted by molar-refractivity contribution is -0.128. The number of benzene rings is 1. The van der Waals surface area contributed by atoms with Gasteiger partial charge in [0, 0.05) is 24.5 Å². The van der Waals surface area contributed by atoms with Crippen molar-refractivity contribution in [2.45, 2.75) is 11.8 Å². The molecule has 1 atom stereocenters. The average molecular weight is 300 g/mol. The van der Waals surface area contributed by atoms with Crippen molar-refractivity contribution in [3.63, 3.8) is 0 Å². The SMILES string of the molecule is O=C1CSC(c2cccnc2)N1CCc1ccc(O)cc1. The number of hydrogen-bond acceptors (Lipinski definition) is 4. The number of aromatic hydroxyl groups is 1. The second kappa shape index (κ2) is 6.18. The first kappa shape index (κ1) is 13.9. The summed E-state index contributed by atoms with van der Waals surface area (Å²) < 4.78 is 0. The number of aromatic nitrogens is 1. The predicted molar refractivity (Wildman–Crippen MR) is 83.0 cm³/mol. The van der Waals surface area contributed by atoms with Crippen molar-refractivity contribution >= 4 is 17.7 Å². The topological polar surface area (TPSA) is 53.4 Å². The molecule has 0 aliphatic carbocycles. The van der Waals surface area contributed by atoms with Crippen LogP contribution in [0.4, 0.5) is 0 Å². The molecular formula is C16H16N2O2S. The van der Waals surface area contributed by atoms with E-state index in [1.54, 1.807) is 30.1 Å². The van der Waals surface area contributed by atoms with Gasteiger partial charge in [-0.3, -0.25) is 9.78 Å². The predicted octanol–water partition coefficient (Wildman–Crippen LogP) is 2.60. The first-order chi connectivity index (χ1) is 10.2. The van der Waals surface area contributed by atoms with Gasteiger partial charge in [0.25, 0.3) is 0 Å². The van der Waals surface area contributed by atoms with Gasteiger partial charge in [0.2, 0.25) is 5.91 Å². The van der Waals surface area contributed by atoms with Crippen LogP contribution >= 0.6 is 11.8 Å². The molecule has 1 unspecified atom stereocenters. The summed E-state index contributed by atoms with van der Waals surface area (Å²) in [6.45, 7) is 0.677. The molecule has 0 bridgehead atoms. The molecule has 3 rings (SSSR count). The lowest BCUT2D eigenvalue weighted by atomic mass is 10.1. The molecule has 1 amide bonds. The fraction of sp³-hybridized carbons (Fsp3) is 0.250. The number of nitrogens with zero attached hydrogens (tertiary/aromatic N) is 2. The maximum absolute atomic E-state index is 12.1. The number of phenolic OH excluding ortho intramolecular Hbond substituents is 1. The van der Waals surface area contributed by atoms with Crippen LogP contribution in [0.15, 0.2) is 48.8 Å². The Hall–Kier alpha value is -2.01. The molecule has 0 saturated carbocycles. The molecule has 0 spiro atoms. The molecule has 2 heterocycles. The summed E-state index contributed by atoms with van der Waals surface area (Å²) in [5, 5.41) is 9.35. The molecular weight excluding hydrogens is 284 g/mol. The summed E-state index contributed by atoms with van der Waals surface area (Å²) in [6.07, 6.45) is 4.35. The highest BCUT2D eigenvalue weighted by Crippen LogP contribution is 2.38. The Bertz CT molecular complexity index is 616. The maximum Gasteiger partial charge on any atom is 0.233 e. The Kier molecular flexibility index (Phi) is 4.10. The van der Waals surface area contributed by atoms with E-state index >= 15 is 0 Å². The maximum atomic E-state index is 12.1. The van der Waals surface area contributed by atoms with E-state index in [4.69, 9.17) is 0 Å². The molecule has 4 nitrogen and oxygen atoms in total. The molecule has 1 aromatic heterocycles. The molecule has 2 aromatic rings. The van der Waals surface area contributed by atoms with Crippen LogP contribution in [-0.4, -0.2) is 33.2 Å². The summed E-state index contributed by atoms with van der Waals surface area (Å²) >= 11 is 1.65. The Morgan fingerprint density at radius 1 is 1.29 bits per heavy atom. The Morgan fingerprint density at radius 3 is 2.81 bits per heavy atom. The van der Waals surface area contributed by atoms with E-state index < -0.39 is 0 Å². The second-order valence-electron chi connectivity index (χ2n) is 4.95. The van der Waals surface area contributed by atoms with Crippen molar-refractivity contribution in [1.29, 1.82) is 0 Å². The zero-order valence-corrected chi connectivity index (χ0v) is 12.3. The Morgan fingerprint density at radius 2 is 2.10 bits per heavy atom. The number of thioether (sulfide) groups is 1. The molecule has 1 fully saturated rings. The smallest absolute Gasteiger partial charge is 0.233 e. The van der Waals surface area contributed by atoms with Crippen LogP contribution in [0.2, 0.25) is 0 Å². The van der Waals surface area contributed by atoms with E-state index in [0.717, 1.165) is 17.5 Å². The van der Waals surface area contributed by atoms with E-state index in [9.17, 15) is 9.90 Å². The van der Waals surface area contributed by atoms with Gasteiger partial charge < -0.3 is 10.0 Å². The minimum absolute atomic E-state index is 0.0586. The van der Waals surface area contributed by atoms with Crippen LogP contribution < -0.4 is 0 Å². The minimum Gasteiger partial charge on any atom is -0.508 e. The average Bonchev–Trinajstić information content (AvgIpc) is 2.89. The van der Waals surface area contributed by atoms with Crippen molar-refractivity contribution in [1.82, 2.24) is 9.88 Å². The van der Waals surface area contributed by atoms with Gasteiger partial charge in [0.15, 0.2) is 0 Å². The third-order valence-electron chi connectivity index (χ3n) is 3.52. The number of phenols is 1.